The summed E-state index contributed by atoms with van der Waals surface area (Å²) in [5.74, 6) is 1.86. The van der Waals surface area contributed by atoms with Gasteiger partial charge >= 0.3 is 0 Å². The van der Waals surface area contributed by atoms with Gasteiger partial charge in [-0.05, 0) is 178 Å². The molecule has 8 nitrogen and oxygen atoms in total. The van der Waals surface area contributed by atoms with Crippen LogP contribution >= 0.6 is 86.9 Å². The monoisotopic (exact) mass is 1110 g/mol. The van der Waals surface area contributed by atoms with E-state index in [2.05, 4.69) is 93.3 Å². The molecule has 3 fully saturated rings. The summed E-state index contributed by atoms with van der Waals surface area (Å²) in [6.07, 6.45) is 11.9. The van der Waals surface area contributed by atoms with Crippen molar-refractivity contribution in [2.75, 3.05) is 57.3 Å². The van der Waals surface area contributed by atoms with E-state index in [1.807, 2.05) is 34.3 Å². The largest absolute Gasteiger partial charge is 0.342 e. The second-order valence-corrected chi connectivity index (χ2v) is 23.2. The number of nitrogens with zero attached hydrogens (tertiary/aromatic N) is 4. The van der Waals surface area contributed by atoms with Crippen LogP contribution < -0.4 is 5.32 Å². The number of rotatable bonds is 4. The second-order valence-electron chi connectivity index (χ2n) is 16.5. The van der Waals surface area contributed by atoms with E-state index in [1.54, 1.807) is 0 Å². The van der Waals surface area contributed by atoms with E-state index in [4.69, 9.17) is 33.2 Å². The molecule has 0 spiro atoms. The van der Waals surface area contributed by atoms with Crippen molar-refractivity contribution in [3.8, 4) is 0 Å². The number of hydrogen-bond acceptors (Lipinski definition) is 7. The molecule has 2 atom stereocenters. The zero-order valence-electron chi connectivity index (χ0n) is 32.6. The van der Waals surface area contributed by atoms with Crippen molar-refractivity contribution in [3.63, 3.8) is 0 Å². The van der Waals surface area contributed by atoms with Gasteiger partial charge in [0.05, 0.1) is 29.4 Å². The number of halogens is 6. The number of carbonyl (C=O) groups is 1. The molecule has 1 amide bonds. The number of aromatic nitrogens is 2. The van der Waals surface area contributed by atoms with Crippen LogP contribution in [0, 0.1) is 11.8 Å². The lowest BCUT2D eigenvalue weighted by Crippen LogP contribution is -2.48. The molecular formula is C44H47Br4Cl2N5O3S. The van der Waals surface area contributed by atoms with E-state index in [9.17, 15) is 13.2 Å². The average molecular weight is 1120 g/mol. The van der Waals surface area contributed by atoms with Gasteiger partial charge in [-0.2, -0.15) is 0 Å². The van der Waals surface area contributed by atoms with E-state index in [0.717, 1.165) is 85.2 Å². The van der Waals surface area contributed by atoms with Gasteiger partial charge in [-0.3, -0.25) is 19.7 Å². The average Bonchev–Trinajstić information content (AvgIpc) is 3.47. The van der Waals surface area contributed by atoms with Crippen molar-refractivity contribution in [3.05, 3.63) is 121 Å². The van der Waals surface area contributed by atoms with Crippen LogP contribution in [0.4, 0.5) is 0 Å². The molecule has 1 N–H and O–H groups in total. The highest BCUT2D eigenvalue weighted by atomic mass is 79.9. The Morgan fingerprint density at radius 2 is 1.12 bits per heavy atom. The molecule has 2 unspecified atom stereocenters. The molecule has 5 heterocycles. The summed E-state index contributed by atoms with van der Waals surface area (Å²) in [7, 11) is -2.94. The molecule has 2 aromatic carbocycles. The highest BCUT2D eigenvalue weighted by Gasteiger charge is 2.37. The van der Waals surface area contributed by atoms with Gasteiger partial charge in [-0.1, -0.05) is 55.1 Å². The molecule has 3 saturated heterocycles. The van der Waals surface area contributed by atoms with Crippen LogP contribution in [0.5, 0.6) is 0 Å². The number of pyridine rings is 2. The van der Waals surface area contributed by atoms with Crippen molar-refractivity contribution in [1.82, 2.24) is 25.1 Å². The molecule has 3 aliphatic heterocycles. The minimum atomic E-state index is -2.94. The first-order valence-electron chi connectivity index (χ1n) is 20.5. The first kappa shape index (κ1) is 44.2. The van der Waals surface area contributed by atoms with Crippen LogP contribution in [-0.2, 0) is 40.3 Å². The maximum absolute atomic E-state index is 13.0. The number of fused-ring (bicyclic) bond motifs is 4. The third-order valence-electron chi connectivity index (χ3n) is 12.8. The van der Waals surface area contributed by atoms with Crippen LogP contribution in [0.15, 0.2) is 66.7 Å². The number of benzene rings is 2. The van der Waals surface area contributed by atoms with Gasteiger partial charge < -0.3 is 10.2 Å². The van der Waals surface area contributed by atoms with Gasteiger partial charge in [0, 0.05) is 78.3 Å². The Bertz CT molecular complexity index is 2330. The van der Waals surface area contributed by atoms with Crippen molar-refractivity contribution in [2.24, 2.45) is 11.8 Å². The van der Waals surface area contributed by atoms with Gasteiger partial charge in [-0.15, -0.1) is 0 Å². The molecule has 5 aliphatic rings. The first-order valence-corrected chi connectivity index (χ1v) is 26.2. The zero-order valence-corrected chi connectivity index (χ0v) is 41.3. The molecule has 2 aromatic heterocycles. The van der Waals surface area contributed by atoms with Gasteiger partial charge in [0.2, 0.25) is 5.91 Å². The van der Waals surface area contributed by atoms with E-state index in [-0.39, 0.29) is 23.3 Å². The molecule has 0 radical (unpaired) electrons. The second kappa shape index (κ2) is 19.1. The Morgan fingerprint density at radius 1 is 0.661 bits per heavy atom. The topological polar surface area (TPSA) is 95.5 Å². The van der Waals surface area contributed by atoms with Crippen LogP contribution in [0.2, 0.25) is 10.0 Å². The van der Waals surface area contributed by atoms with E-state index in [0.29, 0.717) is 50.5 Å². The highest BCUT2D eigenvalue weighted by Crippen LogP contribution is 2.47. The number of hydrogen-bond donors (Lipinski definition) is 1. The Morgan fingerprint density at radius 3 is 1.61 bits per heavy atom. The summed E-state index contributed by atoms with van der Waals surface area (Å²) in [5, 5.41) is 5.04. The van der Waals surface area contributed by atoms with E-state index >= 15 is 0 Å². The third kappa shape index (κ3) is 10.2. The molecule has 9 rings (SSSR count). The summed E-state index contributed by atoms with van der Waals surface area (Å²) >= 11 is 27.6. The predicted molar refractivity (Wildman–Crippen MR) is 251 cm³/mol. The summed E-state index contributed by atoms with van der Waals surface area (Å²) in [6.45, 7) is 4.78. The summed E-state index contributed by atoms with van der Waals surface area (Å²) < 4.78 is 27.6. The summed E-state index contributed by atoms with van der Waals surface area (Å²) in [4.78, 5) is 26.7. The predicted octanol–water partition coefficient (Wildman–Crippen LogP) is 9.95. The SMILES string of the molecule is Clc1cc(Br)c2c(c1)CCc1cc(Br)cnc1C2C1CCNCC1.O=C(CN1CCS(=O)(=O)CC1)N1CCC(C2c3ncc(Br)cc3CCc3cc(Cl)cc(Br)c32)CC1. The van der Waals surface area contributed by atoms with Crippen LogP contribution in [0.25, 0.3) is 0 Å². The zero-order chi connectivity index (χ0) is 41.4. The fraction of sp³-hybridized carbons (Fsp3) is 0.477. The minimum Gasteiger partial charge on any atom is -0.342 e. The molecule has 4 aromatic rings. The maximum atomic E-state index is 13.0. The van der Waals surface area contributed by atoms with Crippen molar-refractivity contribution < 1.29 is 13.2 Å². The fourth-order valence-corrected chi connectivity index (χ4v) is 14.2. The van der Waals surface area contributed by atoms with Crippen LogP contribution in [0.1, 0.15) is 82.3 Å². The van der Waals surface area contributed by atoms with Crippen LogP contribution in [0.3, 0.4) is 0 Å². The molecule has 2 aliphatic carbocycles. The standard InChI is InChI=1S/C25H28Br2ClN3O3S.C19H19Br2ClN2/c26-19-11-18-2-1-17-12-20(28)13-21(27)23(17)24(25(18)29-14-19)16-3-5-31(6-4-16)22(32)15-30-7-9-35(33,34)10-8-30;20-14-7-13-2-1-12-8-15(22)9-16(21)17(12)18(19(13)24-10-14)11-3-5-23-6-4-11/h11-14,16,24H,1-10,15H2;7-11,18,23H,1-6H2. The molecular weight excluding hydrogens is 1070 g/mol. The lowest BCUT2D eigenvalue weighted by atomic mass is 9.76. The number of sulfone groups is 1. The number of amides is 1. The van der Waals surface area contributed by atoms with Gasteiger partial charge in [0.25, 0.3) is 0 Å². The smallest absolute Gasteiger partial charge is 0.236 e. The Kier molecular flexibility index (Phi) is 14.3. The molecule has 314 valence electrons. The molecule has 0 bridgehead atoms. The van der Waals surface area contributed by atoms with Gasteiger partial charge in [-0.25, -0.2) is 8.42 Å². The quantitative estimate of drug-likeness (QED) is 0.218. The molecule has 15 heteroatoms. The van der Waals surface area contributed by atoms with Gasteiger partial charge in [0.15, 0.2) is 9.84 Å². The van der Waals surface area contributed by atoms with Crippen molar-refractivity contribution in [2.45, 2.75) is 63.2 Å². The fourth-order valence-electron chi connectivity index (χ4n) is 9.92. The lowest BCUT2D eigenvalue weighted by Gasteiger charge is -2.38. The molecule has 0 saturated carbocycles. The van der Waals surface area contributed by atoms with E-state index in [1.165, 1.54) is 51.9 Å². The van der Waals surface area contributed by atoms with Crippen LogP contribution in [-0.4, -0.2) is 91.4 Å². The number of likely N-dealkylation sites (tertiary alicyclic amines) is 1. The Balaban J connectivity index is 0.000000176. The normalized spacial score (nSPS) is 22.1. The van der Waals surface area contributed by atoms with Crippen molar-refractivity contribution >= 4 is 103 Å². The van der Waals surface area contributed by atoms with Gasteiger partial charge in [0.1, 0.15) is 0 Å². The molecule has 59 heavy (non-hydrogen) atoms. The number of aryl methyl sites for hydroxylation is 4. The Labute approximate surface area is 391 Å². The summed E-state index contributed by atoms with van der Waals surface area (Å²) in [5.41, 5.74) is 10.3. The third-order valence-corrected chi connectivity index (χ3v) is 17.1. The number of piperidine rings is 2. The summed E-state index contributed by atoms with van der Waals surface area (Å²) in [6, 6.07) is 12.7. The lowest BCUT2D eigenvalue weighted by molar-refractivity contribution is -0.133. The minimum absolute atomic E-state index is 0.0967. The maximum Gasteiger partial charge on any atom is 0.236 e. The number of carbonyl (C=O) groups excluding carboxylic acids is 1. The number of nitrogens with one attached hydrogen (secondary N) is 1. The first-order chi connectivity index (χ1) is 28.3. The Hall–Kier alpha value is -1.42. The highest BCUT2D eigenvalue weighted by molar-refractivity contribution is 9.11. The van der Waals surface area contributed by atoms with Crippen molar-refractivity contribution in [1.29, 1.82) is 0 Å². The van der Waals surface area contributed by atoms with E-state index < -0.39 is 9.84 Å².